The van der Waals surface area contributed by atoms with Crippen molar-refractivity contribution >= 4 is 11.8 Å². The van der Waals surface area contributed by atoms with Crippen LogP contribution >= 0.6 is 11.8 Å². The molecule has 0 aliphatic heterocycles. The van der Waals surface area contributed by atoms with Gasteiger partial charge in [0.25, 0.3) is 5.56 Å². The van der Waals surface area contributed by atoms with Gasteiger partial charge < -0.3 is 0 Å². The Bertz CT molecular complexity index is 791. The van der Waals surface area contributed by atoms with Gasteiger partial charge in [0, 0.05) is 30.1 Å². The van der Waals surface area contributed by atoms with Crippen molar-refractivity contribution in [1.82, 2.24) is 14.5 Å². The Kier molecular flexibility index (Phi) is 5.81. The quantitative estimate of drug-likeness (QED) is 0.562. The van der Waals surface area contributed by atoms with Gasteiger partial charge in [-0.3, -0.25) is 14.3 Å². The summed E-state index contributed by atoms with van der Waals surface area (Å²) in [6.45, 7) is 1.14. The molecule has 0 aliphatic rings. The largest absolute Gasteiger partial charge is 0.453 e. The average Bonchev–Trinajstić information content (AvgIpc) is 2.53. The van der Waals surface area contributed by atoms with Crippen molar-refractivity contribution in [2.45, 2.75) is 36.9 Å². The van der Waals surface area contributed by atoms with Gasteiger partial charge in [0.15, 0.2) is 0 Å². The van der Waals surface area contributed by atoms with Crippen molar-refractivity contribution in [2.24, 2.45) is 0 Å². The number of pyridine rings is 1. The Balaban J connectivity index is 2.24. The first-order valence-corrected chi connectivity index (χ1v) is 8.23. The van der Waals surface area contributed by atoms with Crippen LogP contribution in [0.5, 0.6) is 0 Å². The van der Waals surface area contributed by atoms with Gasteiger partial charge in [-0.15, -0.1) is 11.8 Å². The zero-order chi connectivity index (χ0) is 18.7. The summed E-state index contributed by atoms with van der Waals surface area (Å²) in [5.74, 6) is -4.10. The molecule has 2 heterocycles. The number of hydrogen-bond donors (Lipinski definition) is 0. The molecule has 0 unspecified atom stereocenters. The molecule has 0 fully saturated rings. The third-order valence-electron chi connectivity index (χ3n) is 3.27. The smallest absolute Gasteiger partial charge is 0.299 e. The predicted octanol–water partition coefficient (Wildman–Crippen LogP) is 4.01. The van der Waals surface area contributed by atoms with Gasteiger partial charge in [-0.2, -0.15) is 22.0 Å². The molecule has 2 rings (SSSR count). The molecule has 10 heteroatoms. The summed E-state index contributed by atoms with van der Waals surface area (Å²) < 4.78 is 63.2. The van der Waals surface area contributed by atoms with E-state index in [4.69, 9.17) is 0 Å². The van der Waals surface area contributed by atoms with Crippen LogP contribution in [0.1, 0.15) is 13.3 Å². The normalized spacial score (nSPS) is 12.4. The predicted molar refractivity (Wildman–Crippen MR) is 83.7 cm³/mol. The van der Waals surface area contributed by atoms with E-state index < -0.39 is 30.6 Å². The number of hydrogen-bond acceptors (Lipinski definition) is 4. The SMILES string of the molecule is CCSc1cccnc1-c1cc(=O)n(CCC(F)(F)C(F)(F)F)cn1. The van der Waals surface area contributed by atoms with Crippen LogP contribution in [0.25, 0.3) is 11.4 Å². The highest BCUT2D eigenvalue weighted by Crippen LogP contribution is 2.38. The highest BCUT2D eigenvalue weighted by molar-refractivity contribution is 7.99. The molecular formula is C15H14F5N3OS. The number of thioether (sulfide) groups is 1. The van der Waals surface area contributed by atoms with Gasteiger partial charge in [-0.05, 0) is 17.9 Å². The molecule has 0 bridgehead atoms. The molecule has 0 aromatic carbocycles. The van der Waals surface area contributed by atoms with Gasteiger partial charge in [0.2, 0.25) is 0 Å². The minimum atomic E-state index is -5.65. The molecule has 0 spiro atoms. The average molecular weight is 379 g/mol. The minimum Gasteiger partial charge on any atom is -0.299 e. The Labute approximate surface area is 144 Å². The zero-order valence-electron chi connectivity index (χ0n) is 13.1. The van der Waals surface area contributed by atoms with Gasteiger partial charge in [0.1, 0.15) is 5.69 Å². The fourth-order valence-corrected chi connectivity index (χ4v) is 2.76. The summed E-state index contributed by atoms with van der Waals surface area (Å²) >= 11 is 1.49. The van der Waals surface area contributed by atoms with Gasteiger partial charge in [-0.1, -0.05) is 6.92 Å². The van der Waals surface area contributed by atoms with E-state index in [1.54, 1.807) is 12.1 Å². The third-order valence-corrected chi connectivity index (χ3v) is 4.20. The lowest BCUT2D eigenvalue weighted by atomic mass is 10.2. The lowest BCUT2D eigenvalue weighted by Gasteiger charge is -2.19. The van der Waals surface area contributed by atoms with E-state index in [0.717, 1.165) is 27.6 Å². The standard InChI is InChI=1S/C15H14F5N3OS/c1-2-25-11-4-3-6-21-13(11)10-8-12(24)23(9-22-10)7-5-14(16,17)15(18,19)20/h3-4,6,8-9H,2,5,7H2,1H3. The molecule has 25 heavy (non-hydrogen) atoms. The first-order valence-electron chi connectivity index (χ1n) is 7.25. The molecule has 2 aromatic rings. The van der Waals surface area contributed by atoms with Crippen LogP contribution in [0.4, 0.5) is 22.0 Å². The first kappa shape index (κ1) is 19.4. The van der Waals surface area contributed by atoms with Gasteiger partial charge >= 0.3 is 12.1 Å². The molecule has 4 nitrogen and oxygen atoms in total. The summed E-state index contributed by atoms with van der Waals surface area (Å²) in [5.41, 5.74) is -0.0271. The van der Waals surface area contributed by atoms with Crippen LogP contribution in [0.15, 0.2) is 40.4 Å². The molecular weight excluding hydrogens is 365 g/mol. The maximum Gasteiger partial charge on any atom is 0.453 e. The zero-order valence-corrected chi connectivity index (χ0v) is 13.9. The Hall–Kier alpha value is -1.97. The van der Waals surface area contributed by atoms with E-state index in [1.165, 1.54) is 18.0 Å². The molecule has 0 aliphatic carbocycles. The number of alkyl halides is 5. The summed E-state index contributed by atoms with van der Waals surface area (Å²) in [6.07, 6.45) is -4.70. The molecule has 136 valence electrons. The maximum absolute atomic E-state index is 13.0. The van der Waals surface area contributed by atoms with Gasteiger partial charge in [0.05, 0.1) is 12.0 Å². The number of nitrogens with zero attached hydrogens (tertiary/aromatic N) is 3. The van der Waals surface area contributed by atoms with E-state index in [2.05, 4.69) is 9.97 Å². The maximum atomic E-state index is 13.0. The van der Waals surface area contributed by atoms with Crippen LogP contribution in [0, 0.1) is 0 Å². The van der Waals surface area contributed by atoms with E-state index in [-0.39, 0.29) is 5.69 Å². The van der Waals surface area contributed by atoms with Crippen LogP contribution < -0.4 is 5.56 Å². The topological polar surface area (TPSA) is 47.8 Å². The van der Waals surface area contributed by atoms with Gasteiger partial charge in [-0.25, -0.2) is 4.98 Å². The van der Waals surface area contributed by atoms with Crippen molar-refractivity contribution in [3.05, 3.63) is 41.1 Å². The fraction of sp³-hybridized carbons (Fsp3) is 0.400. The number of aromatic nitrogens is 3. The summed E-state index contributed by atoms with van der Waals surface area (Å²) in [5, 5.41) is 0. The monoisotopic (exact) mass is 379 g/mol. The summed E-state index contributed by atoms with van der Waals surface area (Å²) in [6, 6.07) is 4.60. The fourth-order valence-electron chi connectivity index (χ4n) is 1.98. The van der Waals surface area contributed by atoms with E-state index in [0.29, 0.717) is 5.69 Å². The van der Waals surface area contributed by atoms with Crippen molar-refractivity contribution in [3.8, 4) is 11.4 Å². The van der Waals surface area contributed by atoms with Crippen LogP contribution in [-0.4, -0.2) is 32.4 Å². The Morgan fingerprint density at radius 3 is 2.52 bits per heavy atom. The van der Waals surface area contributed by atoms with Crippen LogP contribution in [-0.2, 0) is 6.54 Å². The molecule has 0 saturated heterocycles. The highest BCUT2D eigenvalue weighted by atomic mass is 32.2. The van der Waals surface area contributed by atoms with E-state index >= 15 is 0 Å². The summed E-state index contributed by atoms with van der Waals surface area (Å²) in [7, 11) is 0. The first-order chi connectivity index (χ1) is 11.7. The van der Waals surface area contributed by atoms with Crippen LogP contribution in [0.2, 0.25) is 0 Å². The number of halogens is 5. The lowest BCUT2D eigenvalue weighted by Crippen LogP contribution is -2.38. The Morgan fingerprint density at radius 1 is 1.20 bits per heavy atom. The molecule has 0 N–H and O–H groups in total. The number of rotatable bonds is 6. The van der Waals surface area contributed by atoms with E-state index in [9.17, 15) is 26.7 Å². The summed E-state index contributed by atoms with van der Waals surface area (Å²) in [4.78, 5) is 20.9. The second-order valence-corrected chi connectivity index (χ2v) is 6.35. The second kappa shape index (κ2) is 7.51. The number of aryl methyl sites for hydroxylation is 1. The molecule has 0 atom stereocenters. The van der Waals surface area contributed by atoms with Crippen molar-refractivity contribution in [2.75, 3.05) is 5.75 Å². The van der Waals surface area contributed by atoms with Crippen molar-refractivity contribution in [3.63, 3.8) is 0 Å². The lowest BCUT2D eigenvalue weighted by molar-refractivity contribution is -0.285. The van der Waals surface area contributed by atoms with Crippen LogP contribution in [0.3, 0.4) is 0 Å². The minimum absolute atomic E-state index is 0.236. The van der Waals surface area contributed by atoms with Crippen molar-refractivity contribution in [1.29, 1.82) is 0 Å². The molecule has 0 amide bonds. The second-order valence-electron chi connectivity index (χ2n) is 5.04. The van der Waals surface area contributed by atoms with E-state index in [1.807, 2.05) is 6.92 Å². The highest BCUT2D eigenvalue weighted by Gasteiger charge is 2.56. The molecule has 0 radical (unpaired) electrons. The Morgan fingerprint density at radius 2 is 1.92 bits per heavy atom. The molecule has 0 saturated carbocycles. The molecule has 2 aromatic heterocycles. The third kappa shape index (κ3) is 4.56. The van der Waals surface area contributed by atoms with Crippen molar-refractivity contribution < 1.29 is 22.0 Å².